The molecule has 0 saturated carbocycles. The lowest BCUT2D eigenvalue weighted by Crippen LogP contribution is -2.37. The number of likely N-dealkylation sites (N-methyl/N-ethyl adjacent to an activating group) is 2. The molecule has 154 valence electrons. The zero-order valence-corrected chi connectivity index (χ0v) is 17.2. The van der Waals surface area contributed by atoms with E-state index < -0.39 is 0 Å². The Bertz CT molecular complexity index is 901. The Morgan fingerprint density at radius 1 is 1.10 bits per heavy atom. The van der Waals surface area contributed by atoms with E-state index in [4.69, 9.17) is 9.47 Å². The first kappa shape index (κ1) is 20.5. The van der Waals surface area contributed by atoms with Crippen molar-refractivity contribution in [2.75, 3.05) is 46.4 Å². The summed E-state index contributed by atoms with van der Waals surface area (Å²) in [5.41, 5.74) is 2.79. The monoisotopic (exact) mass is 398 g/mol. The summed E-state index contributed by atoms with van der Waals surface area (Å²) in [7, 11) is 7.03. The summed E-state index contributed by atoms with van der Waals surface area (Å²) < 4.78 is 10.7. The predicted molar refractivity (Wildman–Crippen MR) is 111 cm³/mol. The molecule has 8 heteroatoms. The van der Waals surface area contributed by atoms with Gasteiger partial charge in [0.2, 0.25) is 0 Å². The van der Waals surface area contributed by atoms with Gasteiger partial charge in [0.15, 0.2) is 0 Å². The SMILES string of the molecule is COc1ccc(CN(C)CC2=C([N+](=O)[O-])CN(c3ccccc3)N2C)c(OC)c1. The molecule has 0 N–H and O–H groups in total. The maximum Gasteiger partial charge on any atom is 0.289 e. The highest BCUT2D eigenvalue weighted by Gasteiger charge is 2.35. The molecule has 0 unspecified atom stereocenters. The minimum atomic E-state index is -0.281. The fourth-order valence-electron chi connectivity index (χ4n) is 3.48. The van der Waals surface area contributed by atoms with Crippen LogP contribution >= 0.6 is 0 Å². The molecular weight excluding hydrogens is 372 g/mol. The number of hydrogen-bond acceptors (Lipinski definition) is 7. The van der Waals surface area contributed by atoms with Gasteiger partial charge in [-0.3, -0.25) is 25.0 Å². The smallest absolute Gasteiger partial charge is 0.289 e. The zero-order valence-electron chi connectivity index (χ0n) is 17.2. The summed E-state index contributed by atoms with van der Waals surface area (Å²) in [6.07, 6.45) is 0. The average Bonchev–Trinajstić information content (AvgIpc) is 3.05. The molecule has 1 heterocycles. The Kier molecular flexibility index (Phi) is 6.23. The van der Waals surface area contributed by atoms with Crippen LogP contribution in [0.25, 0.3) is 0 Å². The molecule has 0 bridgehead atoms. The van der Waals surface area contributed by atoms with E-state index in [-0.39, 0.29) is 17.2 Å². The number of nitro groups is 1. The molecule has 0 spiro atoms. The lowest BCUT2D eigenvalue weighted by Gasteiger charge is -2.30. The minimum Gasteiger partial charge on any atom is -0.497 e. The van der Waals surface area contributed by atoms with Crippen LogP contribution in [0, 0.1) is 10.1 Å². The van der Waals surface area contributed by atoms with Crippen LogP contribution in [0.2, 0.25) is 0 Å². The van der Waals surface area contributed by atoms with E-state index in [1.54, 1.807) is 14.2 Å². The second-order valence-electron chi connectivity index (χ2n) is 6.92. The van der Waals surface area contributed by atoms with Crippen molar-refractivity contribution in [3.63, 3.8) is 0 Å². The first-order chi connectivity index (χ1) is 13.9. The van der Waals surface area contributed by atoms with Crippen molar-refractivity contribution >= 4 is 5.69 Å². The highest BCUT2D eigenvalue weighted by atomic mass is 16.6. The van der Waals surface area contributed by atoms with Gasteiger partial charge in [-0.1, -0.05) is 24.3 Å². The van der Waals surface area contributed by atoms with E-state index in [1.807, 2.05) is 77.5 Å². The molecule has 2 aromatic rings. The highest BCUT2D eigenvalue weighted by Crippen LogP contribution is 2.29. The van der Waals surface area contributed by atoms with Gasteiger partial charge in [0, 0.05) is 31.8 Å². The van der Waals surface area contributed by atoms with Crippen LogP contribution in [0.4, 0.5) is 5.69 Å². The van der Waals surface area contributed by atoms with E-state index >= 15 is 0 Å². The fraction of sp³-hybridized carbons (Fsp3) is 0.333. The molecule has 0 fully saturated rings. The van der Waals surface area contributed by atoms with Crippen LogP contribution < -0.4 is 14.5 Å². The van der Waals surface area contributed by atoms with Crippen molar-refractivity contribution in [2.24, 2.45) is 0 Å². The first-order valence-electron chi connectivity index (χ1n) is 9.26. The van der Waals surface area contributed by atoms with E-state index in [9.17, 15) is 10.1 Å². The number of anilines is 1. The van der Waals surface area contributed by atoms with Crippen molar-refractivity contribution in [3.05, 3.63) is 75.6 Å². The fourth-order valence-corrected chi connectivity index (χ4v) is 3.48. The normalized spacial score (nSPS) is 14.0. The van der Waals surface area contributed by atoms with Crippen LogP contribution in [-0.4, -0.2) is 56.2 Å². The molecule has 1 aliphatic heterocycles. The lowest BCUT2D eigenvalue weighted by atomic mass is 10.1. The first-order valence-corrected chi connectivity index (χ1v) is 9.26. The second-order valence-corrected chi connectivity index (χ2v) is 6.92. The maximum absolute atomic E-state index is 11.7. The number of rotatable bonds is 8. The molecule has 0 amide bonds. The molecule has 0 saturated heterocycles. The van der Waals surface area contributed by atoms with Crippen molar-refractivity contribution in [1.82, 2.24) is 9.91 Å². The summed E-state index contributed by atoms with van der Waals surface area (Å²) in [6, 6.07) is 15.3. The van der Waals surface area contributed by atoms with E-state index in [1.165, 1.54) is 0 Å². The Balaban J connectivity index is 1.78. The van der Waals surface area contributed by atoms with Gasteiger partial charge in [-0.25, -0.2) is 0 Å². The lowest BCUT2D eigenvalue weighted by molar-refractivity contribution is -0.425. The highest BCUT2D eigenvalue weighted by molar-refractivity contribution is 5.49. The van der Waals surface area contributed by atoms with Crippen LogP contribution in [0.15, 0.2) is 59.9 Å². The van der Waals surface area contributed by atoms with Crippen molar-refractivity contribution in [1.29, 1.82) is 0 Å². The molecule has 0 aliphatic carbocycles. The van der Waals surface area contributed by atoms with Crippen LogP contribution in [0.3, 0.4) is 0 Å². The number of ether oxygens (including phenoxy) is 2. The Morgan fingerprint density at radius 2 is 1.83 bits per heavy atom. The minimum absolute atomic E-state index is 0.213. The largest absolute Gasteiger partial charge is 0.497 e. The van der Waals surface area contributed by atoms with Crippen LogP contribution in [-0.2, 0) is 6.54 Å². The molecule has 29 heavy (non-hydrogen) atoms. The third-order valence-corrected chi connectivity index (χ3v) is 5.01. The van der Waals surface area contributed by atoms with Crippen LogP contribution in [0.1, 0.15) is 5.56 Å². The van der Waals surface area contributed by atoms with Gasteiger partial charge in [-0.15, -0.1) is 0 Å². The van der Waals surface area contributed by atoms with Crippen LogP contribution in [0.5, 0.6) is 11.5 Å². The number of methoxy groups -OCH3 is 2. The average molecular weight is 398 g/mol. The summed E-state index contributed by atoms with van der Waals surface area (Å²) in [5, 5.41) is 15.5. The van der Waals surface area contributed by atoms with Gasteiger partial charge >= 0.3 is 0 Å². The number of hydrazine groups is 1. The maximum atomic E-state index is 11.7. The van der Waals surface area contributed by atoms with E-state index in [2.05, 4.69) is 0 Å². The zero-order chi connectivity index (χ0) is 21.0. The third kappa shape index (κ3) is 4.43. The van der Waals surface area contributed by atoms with Gasteiger partial charge in [-0.2, -0.15) is 0 Å². The molecule has 1 aliphatic rings. The quantitative estimate of drug-likeness (QED) is 0.500. The van der Waals surface area contributed by atoms with Crippen molar-refractivity contribution < 1.29 is 14.4 Å². The molecule has 8 nitrogen and oxygen atoms in total. The topological polar surface area (TPSA) is 71.3 Å². The second kappa shape index (κ2) is 8.83. The summed E-state index contributed by atoms with van der Waals surface area (Å²) in [5.74, 6) is 1.45. The van der Waals surface area contributed by atoms with Gasteiger partial charge < -0.3 is 9.47 Å². The van der Waals surface area contributed by atoms with Crippen molar-refractivity contribution in [2.45, 2.75) is 6.54 Å². The summed E-state index contributed by atoms with van der Waals surface area (Å²) >= 11 is 0. The third-order valence-electron chi connectivity index (χ3n) is 5.01. The standard InChI is InChI=1S/C21H26N4O4/c1-22(13-16-10-11-18(28-3)12-21(16)29-4)14-19-20(25(26)27)15-24(23(19)2)17-8-6-5-7-9-17/h5-12H,13-15H2,1-4H3. The number of hydrogen-bond donors (Lipinski definition) is 0. The van der Waals surface area contributed by atoms with Gasteiger partial charge in [0.25, 0.3) is 5.70 Å². The molecule has 2 aromatic carbocycles. The molecule has 0 radical (unpaired) electrons. The Morgan fingerprint density at radius 3 is 2.45 bits per heavy atom. The molecular formula is C21H26N4O4. The number of para-hydroxylation sites is 1. The van der Waals surface area contributed by atoms with Gasteiger partial charge in [0.1, 0.15) is 23.7 Å². The number of benzene rings is 2. The number of nitrogens with zero attached hydrogens (tertiary/aromatic N) is 4. The summed E-state index contributed by atoms with van der Waals surface area (Å²) in [6.45, 7) is 1.26. The van der Waals surface area contributed by atoms with E-state index in [0.717, 1.165) is 22.7 Å². The van der Waals surface area contributed by atoms with E-state index in [0.29, 0.717) is 18.8 Å². The molecule has 3 rings (SSSR count). The summed E-state index contributed by atoms with van der Waals surface area (Å²) in [4.78, 5) is 13.4. The molecule has 0 atom stereocenters. The Hall–Kier alpha value is -3.26. The van der Waals surface area contributed by atoms with Crippen molar-refractivity contribution in [3.8, 4) is 11.5 Å². The molecule has 0 aromatic heterocycles. The Labute approximate surface area is 170 Å². The van der Waals surface area contributed by atoms with Gasteiger partial charge in [0.05, 0.1) is 24.8 Å². The predicted octanol–water partition coefficient (Wildman–Crippen LogP) is 2.99. The van der Waals surface area contributed by atoms with Gasteiger partial charge in [-0.05, 0) is 25.2 Å².